The Kier molecular flexibility index (Phi) is 5.40. The van der Waals surface area contributed by atoms with E-state index in [4.69, 9.17) is 15.7 Å². The highest BCUT2D eigenvalue weighted by Gasteiger charge is 2.14. The molecule has 0 aliphatic carbocycles. The summed E-state index contributed by atoms with van der Waals surface area (Å²) in [4.78, 5) is 4.17. The van der Waals surface area contributed by atoms with Gasteiger partial charge in [0.2, 0.25) is 0 Å². The van der Waals surface area contributed by atoms with Crippen molar-refractivity contribution in [2.24, 2.45) is 5.92 Å². The third-order valence-corrected chi connectivity index (χ3v) is 2.67. The average molecular weight is 248 g/mol. The molecule has 1 rings (SSSR count). The van der Waals surface area contributed by atoms with Gasteiger partial charge in [-0.3, -0.25) is 0 Å². The number of nitrogens with two attached hydrogens (primary N) is 1. The third-order valence-electron chi connectivity index (χ3n) is 2.67. The molecule has 0 spiro atoms. The lowest BCUT2D eigenvalue weighted by Crippen LogP contribution is -2.31. The van der Waals surface area contributed by atoms with E-state index in [1.807, 2.05) is 13.0 Å². The molecular weight excluding hydrogens is 228 g/mol. The number of nitrogens with zero attached hydrogens (tertiary/aromatic N) is 2. The molecular formula is C13H20N4O. The predicted octanol–water partition coefficient (Wildman–Crippen LogP) is 2.01. The molecule has 0 radical (unpaired) electrons. The van der Waals surface area contributed by atoms with Crippen LogP contribution in [0.25, 0.3) is 0 Å². The van der Waals surface area contributed by atoms with Gasteiger partial charge in [0, 0.05) is 6.61 Å². The molecule has 1 unspecified atom stereocenters. The molecule has 98 valence electrons. The van der Waals surface area contributed by atoms with Crippen LogP contribution in [0.3, 0.4) is 0 Å². The zero-order valence-corrected chi connectivity index (χ0v) is 11.1. The molecule has 0 aromatic carbocycles. The lowest BCUT2D eigenvalue weighted by molar-refractivity contribution is 0.126. The first kappa shape index (κ1) is 14.3. The quantitative estimate of drug-likeness (QED) is 0.804. The second-order valence-corrected chi connectivity index (χ2v) is 4.40. The number of anilines is 2. The highest BCUT2D eigenvalue weighted by molar-refractivity contribution is 5.54. The summed E-state index contributed by atoms with van der Waals surface area (Å²) < 4.78 is 5.43. The number of nitriles is 1. The molecule has 1 aromatic rings. The normalized spacial score (nSPS) is 12.2. The van der Waals surface area contributed by atoms with E-state index in [1.165, 1.54) is 0 Å². The number of ether oxygens (including phenoxy) is 1. The number of hydrogen-bond donors (Lipinski definition) is 2. The van der Waals surface area contributed by atoms with Gasteiger partial charge in [0.15, 0.2) is 5.69 Å². The highest BCUT2D eigenvalue weighted by atomic mass is 16.5. The topological polar surface area (TPSA) is 84.0 Å². The van der Waals surface area contributed by atoms with Crippen molar-refractivity contribution in [1.82, 2.24) is 4.98 Å². The summed E-state index contributed by atoms with van der Waals surface area (Å²) in [7, 11) is 0. The van der Waals surface area contributed by atoms with Crippen molar-refractivity contribution in [2.45, 2.75) is 26.8 Å². The first-order valence-electron chi connectivity index (χ1n) is 6.09. The van der Waals surface area contributed by atoms with E-state index in [0.29, 0.717) is 30.6 Å². The van der Waals surface area contributed by atoms with Crippen LogP contribution < -0.4 is 11.1 Å². The van der Waals surface area contributed by atoms with Crippen LogP contribution in [0.4, 0.5) is 11.5 Å². The standard InChI is InChI=1S/C13H20N4O/c1-4-18-8-12(9(2)3)17-13-6-5-10(15)11(7-14)16-13/h5-6,9,12H,4,8,15H2,1-3H3,(H,16,17). The van der Waals surface area contributed by atoms with Crippen LogP contribution in [0, 0.1) is 17.2 Å². The molecule has 0 bridgehead atoms. The van der Waals surface area contributed by atoms with Crippen LogP contribution in [-0.4, -0.2) is 24.2 Å². The summed E-state index contributed by atoms with van der Waals surface area (Å²) in [6.45, 7) is 7.48. The number of hydrogen-bond acceptors (Lipinski definition) is 5. The molecule has 0 aliphatic heterocycles. The minimum Gasteiger partial charge on any atom is -0.396 e. The Morgan fingerprint density at radius 2 is 2.22 bits per heavy atom. The van der Waals surface area contributed by atoms with E-state index in [-0.39, 0.29) is 11.7 Å². The molecule has 5 nitrogen and oxygen atoms in total. The highest BCUT2D eigenvalue weighted by Crippen LogP contribution is 2.15. The summed E-state index contributed by atoms with van der Waals surface area (Å²) in [6.07, 6.45) is 0. The molecule has 3 N–H and O–H groups in total. The summed E-state index contributed by atoms with van der Waals surface area (Å²) in [6, 6.07) is 5.60. The zero-order chi connectivity index (χ0) is 13.5. The van der Waals surface area contributed by atoms with E-state index in [9.17, 15) is 0 Å². The van der Waals surface area contributed by atoms with Gasteiger partial charge in [0.25, 0.3) is 0 Å². The van der Waals surface area contributed by atoms with Gasteiger partial charge in [-0.05, 0) is 25.0 Å². The first-order valence-corrected chi connectivity index (χ1v) is 6.09. The van der Waals surface area contributed by atoms with Crippen LogP contribution in [0.2, 0.25) is 0 Å². The van der Waals surface area contributed by atoms with Crippen molar-refractivity contribution in [3.63, 3.8) is 0 Å². The van der Waals surface area contributed by atoms with E-state index >= 15 is 0 Å². The minimum absolute atomic E-state index is 0.160. The largest absolute Gasteiger partial charge is 0.396 e. The molecule has 0 amide bonds. The molecule has 1 heterocycles. The fourth-order valence-electron chi connectivity index (χ4n) is 1.48. The number of rotatable bonds is 6. The molecule has 0 fully saturated rings. The Morgan fingerprint density at radius 3 is 2.78 bits per heavy atom. The fraction of sp³-hybridized carbons (Fsp3) is 0.538. The molecule has 1 atom stereocenters. The monoisotopic (exact) mass is 248 g/mol. The molecule has 5 heteroatoms. The number of pyridine rings is 1. The fourth-order valence-corrected chi connectivity index (χ4v) is 1.48. The first-order chi connectivity index (χ1) is 8.58. The maximum Gasteiger partial charge on any atom is 0.165 e. The summed E-state index contributed by atoms with van der Waals surface area (Å²) in [5.41, 5.74) is 6.28. The van der Waals surface area contributed by atoms with Crippen molar-refractivity contribution in [2.75, 3.05) is 24.3 Å². The van der Waals surface area contributed by atoms with Gasteiger partial charge < -0.3 is 15.8 Å². The smallest absolute Gasteiger partial charge is 0.165 e. The van der Waals surface area contributed by atoms with Gasteiger partial charge in [-0.15, -0.1) is 0 Å². The van der Waals surface area contributed by atoms with Gasteiger partial charge in [-0.1, -0.05) is 13.8 Å². The van der Waals surface area contributed by atoms with Crippen LogP contribution in [0.1, 0.15) is 26.5 Å². The van der Waals surface area contributed by atoms with Crippen LogP contribution in [-0.2, 0) is 4.74 Å². The van der Waals surface area contributed by atoms with Crippen molar-refractivity contribution < 1.29 is 4.74 Å². The molecule has 0 saturated heterocycles. The van der Waals surface area contributed by atoms with Crippen molar-refractivity contribution in [1.29, 1.82) is 5.26 Å². The number of aromatic nitrogens is 1. The third kappa shape index (κ3) is 3.90. The van der Waals surface area contributed by atoms with Gasteiger partial charge in [0.05, 0.1) is 18.3 Å². The summed E-state index contributed by atoms with van der Waals surface area (Å²) in [5, 5.41) is 12.2. The van der Waals surface area contributed by atoms with Crippen molar-refractivity contribution in [3.05, 3.63) is 17.8 Å². The number of nitrogens with one attached hydrogen (secondary N) is 1. The maximum absolute atomic E-state index is 8.88. The van der Waals surface area contributed by atoms with E-state index in [1.54, 1.807) is 12.1 Å². The average Bonchev–Trinajstić information content (AvgIpc) is 2.36. The van der Waals surface area contributed by atoms with E-state index in [0.717, 1.165) is 0 Å². The Morgan fingerprint density at radius 1 is 1.50 bits per heavy atom. The molecule has 0 aliphatic rings. The second kappa shape index (κ2) is 6.82. The zero-order valence-electron chi connectivity index (χ0n) is 11.1. The lowest BCUT2D eigenvalue weighted by Gasteiger charge is -2.22. The van der Waals surface area contributed by atoms with Gasteiger partial charge >= 0.3 is 0 Å². The van der Waals surface area contributed by atoms with Crippen molar-refractivity contribution >= 4 is 11.5 Å². The van der Waals surface area contributed by atoms with Crippen LogP contribution in [0.15, 0.2) is 12.1 Å². The SMILES string of the molecule is CCOCC(Nc1ccc(N)c(C#N)n1)C(C)C. The summed E-state index contributed by atoms with van der Waals surface area (Å²) in [5.74, 6) is 1.06. The lowest BCUT2D eigenvalue weighted by atomic mass is 10.1. The molecule has 0 saturated carbocycles. The van der Waals surface area contributed by atoms with Crippen LogP contribution in [0.5, 0.6) is 0 Å². The van der Waals surface area contributed by atoms with Crippen molar-refractivity contribution in [3.8, 4) is 6.07 Å². The van der Waals surface area contributed by atoms with Gasteiger partial charge in [-0.25, -0.2) is 4.98 Å². The Hall–Kier alpha value is -1.80. The maximum atomic E-state index is 8.88. The Balaban J connectivity index is 2.78. The predicted molar refractivity (Wildman–Crippen MR) is 72.1 cm³/mol. The summed E-state index contributed by atoms with van der Waals surface area (Å²) >= 11 is 0. The van der Waals surface area contributed by atoms with E-state index in [2.05, 4.69) is 24.1 Å². The molecule has 1 aromatic heterocycles. The Bertz CT molecular complexity index is 425. The van der Waals surface area contributed by atoms with E-state index < -0.39 is 0 Å². The number of nitrogen functional groups attached to an aromatic ring is 1. The van der Waals surface area contributed by atoms with Crippen LogP contribution >= 0.6 is 0 Å². The van der Waals surface area contributed by atoms with Gasteiger partial charge in [0.1, 0.15) is 11.9 Å². The molecule has 18 heavy (non-hydrogen) atoms. The minimum atomic E-state index is 0.160. The second-order valence-electron chi connectivity index (χ2n) is 4.40. The van der Waals surface area contributed by atoms with Gasteiger partial charge in [-0.2, -0.15) is 5.26 Å². The Labute approximate surface area is 108 Å².